The summed E-state index contributed by atoms with van der Waals surface area (Å²) >= 11 is 0. The Morgan fingerprint density at radius 3 is 2.57 bits per heavy atom. The lowest BCUT2D eigenvalue weighted by Gasteiger charge is -2.57. The number of rotatable bonds is 4. The summed E-state index contributed by atoms with van der Waals surface area (Å²) in [5, 5.41) is 9.74. The van der Waals surface area contributed by atoms with Gasteiger partial charge in [0.2, 0.25) is 0 Å². The molecule has 0 aromatic rings. The second-order valence-electron chi connectivity index (χ2n) is 7.62. The zero-order valence-electron chi connectivity index (χ0n) is 13.6. The molecule has 0 spiro atoms. The quantitative estimate of drug-likeness (QED) is 0.789. The number of carbonyl (C=O) groups is 2. The maximum atomic E-state index is 11.9. The smallest absolute Gasteiger partial charge is 0.309 e. The summed E-state index contributed by atoms with van der Waals surface area (Å²) in [6.07, 6.45) is 6.03. The van der Waals surface area contributed by atoms with Crippen LogP contribution in [0.2, 0.25) is 0 Å². The normalized spacial score (nSPS) is 39.7. The van der Waals surface area contributed by atoms with Crippen LogP contribution in [0.4, 0.5) is 0 Å². The van der Waals surface area contributed by atoms with Crippen LogP contribution in [0.15, 0.2) is 12.2 Å². The molecule has 2 aliphatic carbocycles. The summed E-state index contributed by atoms with van der Waals surface area (Å²) < 4.78 is 0. The lowest BCUT2D eigenvalue weighted by molar-refractivity contribution is -0.164. The van der Waals surface area contributed by atoms with Crippen LogP contribution in [0.3, 0.4) is 0 Å². The molecule has 0 amide bonds. The van der Waals surface area contributed by atoms with Crippen LogP contribution in [0.25, 0.3) is 0 Å². The van der Waals surface area contributed by atoms with Crippen LogP contribution in [-0.2, 0) is 9.59 Å². The molecular formula is C18H28O3. The van der Waals surface area contributed by atoms with E-state index in [0.29, 0.717) is 12.3 Å². The van der Waals surface area contributed by atoms with Gasteiger partial charge in [0.05, 0.1) is 5.41 Å². The number of carboxylic acids is 1. The van der Waals surface area contributed by atoms with Crippen molar-refractivity contribution in [3.05, 3.63) is 12.2 Å². The van der Waals surface area contributed by atoms with Gasteiger partial charge in [-0.1, -0.05) is 25.5 Å². The lowest BCUT2D eigenvalue weighted by atomic mass is 9.46. The molecule has 0 heterocycles. The predicted molar refractivity (Wildman–Crippen MR) is 83.0 cm³/mol. The SMILES string of the molecule is C=C1CC[C@H]2[C@@](C)(CCC[C@@]2(C)C(=O)O)[C@@H]1CCC(C)=O. The van der Waals surface area contributed by atoms with Gasteiger partial charge in [-0.3, -0.25) is 4.79 Å². The topological polar surface area (TPSA) is 54.4 Å². The fourth-order valence-corrected chi connectivity index (χ4v) is 5.09. The maximum Gasteiger partial charge on any atom is 0.309 e. The van der Waals surface area contributed by atoms with Crippen LogP contribution in [0.1, 0.15) is 65.7 Å². The van der Waals surface area contributed by atoms with E-state index < -0.39 is 11.4 Å². The Morgan fingerprint density at radius 1 is 1.33 bits per heavy atom. The number of Topliss-reactive ketones (excluding diaryl/α,β-unsaturated/α-hetero) is 1. The molecule has 2 saturated carbocycles. The average Bonchev–Trinajstić information content (AvgIpc) is 2.36. The van der Waals surface area contributed by atoms with Gasteiger partial charge in [-0.25, -0.2) is 0 Å². The van der Waals surface area contributed by atoms with Gasteiger partial charge >= 0.3 is 5.97 Å². The highest BCUT2D eigenvalue weighted by atomic mass is 16.4. The molecule has 0 saturated heterocycles. The Labute approximate surface area is 127 Å². The largest absolute Gasteiger partial charge is 0.481 e. The summed E-state index contributed by atoms with van der Waals surface area (Å²) in [6.45, 7) is 10.0. The molecule has 3 heteroatoms. The molecule has 0 radical (unpaired) electrons. The predicted octanol–water partition coefficient (Wildman–Crippen LogP) is 4.22. The van der Waals surface area contributed by atoms with Gasteiger partial charge in [0.1, 0.15) is 5.78 Å². The van der Waals surface area contributed by atoms with Crippen molar-refractivity contribution in [3.63, 3.8) is 0 Å². The Kier molecular flexibility index (Phi) is 4.32. The number of hydrogen-bond donors (Lipinski definition) is 1. The van der Waals surface area contributed by atoms with Gasteiger partial charge in [0.15, 0.2) is 0 Å². The minimum atomic E-state index is -0.656. The molecule has 0 bridgehead atoms. The molecule has 4 atom stereocenters. The van der Waals surface area contributed by atoms with E-state index >= 15 is 0 Å². The van der Waals surface area contributed by atoms with Crippen molar-refractivity contribution in [2.75, 3.05) is 0 Å². The molecule has 2 fully saturated rings. The molecule has 2 rings (SSSR count). The van der Waals surface area contributed by atoms with Crippen LogP contribution >= 0.6 is 0 Å². The molecular weight excluding hydrogens is 264 g/mol. The number of aliphatic carboxylic acids is 1. The standard InChI is InChI=1S/C18H28O3/c1-12-6-9-15-17(3,14(12)8-7-13(2)19)10-5-11-18(15,4)16(20)21/h14-15H,1,5-11H2,2-4H3,(H,20,21)/t14-,15+,17+,18-/m1/s1. The second kappa shape index (κ2) is 5.58. The fraction of sp³-hybridized carbons (Fsp3) is 0.778. The first-order valence-corrected chi connectivity index (χ1v) is 8.12. The number of allylic oxidation sites excluding steroid dienone is 1. The van der Waals surface area contributed by atoms with E-state index in [1.54, 1.807) is 6.92 Å². The molecule has 0 aromatic heterocycles. The van der Waals surface area contributed by atoms with Gasteiger partial charge in [-0.15, -0.1) is 0 Å². The summed E-state index contributed by atoms with van der Waals surface area (Å²) in [6, 6.07) is 0. The molecule has 1 N–H and O–H groups in total. The van der Waals surface area contributed by atoms with Crippen molar-refractivity contribution >= 4 is 11.8 Å². The summed E-state index contributed by atoms with van der Waals surface area (Å²) in [5.74, 6) is 0.0411. The zero-order chi connectivity index (χ0) is 15.8. The third kappa shape index (κ3) is 2.67. The molecule has 21 heavy (non-hydrogen) atoms. The van der Waals surface area contributed by atoms with Crippen LogP contribution in [0.5, 0.6) is 0 Å². The zero-order valence-corrected chi connectivity index (χ0v) is 13.6. The van der Waals surface area contributed by atoms with E-state index in [0.717, 1.165) is 38.5 Å². The van der Waals surface area contributed by atoms with Gasteiger partial charge in [-0.05, 0) is 63.2 Å². The summed E-state index contributed by atoms with van der Waals surface area (Å²) in [7, 11) is 0. The highest BCUT2D eigenvalue weighted by molar-refractivity contribution is 5.76. The molecule has 0 aliphatic heterocycles. The highest BCUT2D eigenvalue weighted by Crippen LogP contribution is 2.61. The van der Waals surface area contributed by atoms with Gasteiger partial charge in [0.25, 0.3) is 0 Å². The molecule has 0 aromatic carbocycles. The minimum Gasteiger partial charge on any atom is -0.481 e. The summed E-state index contributed by atoms with van der Waals surface area (Å²) in [5.41, 5.74) is 0.586. The molecule has 2 aliphatic rings. The van der Waals surface area contributed by atoms with E-state index in [1.807, 2.05) is 6.92 Å². The third-order valence-corrected chi connectivity index (χ3v) is 6.29. The van der Waals surface area contributed by atoms with Gasteiger partial charge < -0.3 is 9.90 Å². The first kappa shape index (κ1) is 16.3. The van der Waals surface area contributed by atoms with Crippen LogP contribution in [-0.4, -0.2) is 16.9 Å². The van der Waals surface area contributed by atoms with Crippen molar-refractivity contribution in [3.8, 4) is 0 Å². The summed E-state index contributed by atoms with van der Waals surface area (Å²) in [4.78, 5) is 23.2. The number of ketones is 1. The second-order valence-corrected chi connectivity index (χ2v) is 7.62. The number of fused-ring (bicyclic) bond motifs is 1. The fourth-order valence-electron chi connectivity index (χ4n) is 5.09. The van der Waals surface area contributed by atoms with E-state index in [-0.39, 0.29) is 17.1 Å². The highest BCUT2D eigenvalue weighted by Gasteiger charge is 2.57. The van der Waals surface area contributed by atoms with Gasteiger partial charge in [0, 0.05) is 6.42 Å². The first-order valence-electron chi connectivity index (χ1n) is 8.12. The maximum absolute atomic E-state index is 11.9. The van der Waals surface area contributed by atoms with Gasteiger partial charge in [-0.2, -0.15) is 0 Å². The Balaban J connectivity index is 2.33. The number of carbonyl (C=O) groups excluding carboxylic acids is 1. The average molecular weight is 292 g/mol. The molecule has 0 unspecified atom stereocenters. The van der Waals surface area contributed by atoms with E-state index in [2.05, 4.69) is 13.5 Å². The van der Waals surface area contributed by atoms with Crippen molar-refractivity contribution < 1.29 is 14.7 Å². The Morgan fingerprint density at radius 2 is 2.00 bits per heavy atom. The Hall–Kier alpha value is -1.12. The lowest BCUT2D eigenvalue weighted by Crippen LogP contribution is -2.53. The van der Waals surface area contributed by atoms with E-state index in [4.69, 9.17) is 0 Å². The molecule has 3 nitrogen and oxygen atoms in total. The Bertz CT molecular complexity index is 467. The monoisotopic (exact) mass is 292 g/mol. The van der Waals surface area contributed by atoms with Crippen LogP contribution in [0, 0.1) is 22.7 Å². The van der Waals surface area contributed by atoms with Crippen LogP contribution < -0.4 is 0 Å². The minimum absolute atomic E-state index is 0.0177. The molecule has 118 valence electrons. The van der Waals surface area contributed by atoms with E-state index in [1.165, 1.54) is 5.57 Å². The first-order chi connectivity index (χ1) is 9.71. The van der Waals surface area contributed by atoms with Crippen molar-refractivity contribution in [1.82, 2.24) is 0 Å². The van der Waals surface area contributed by atoms with Crippen molar-refractivity contribution in [2.45, 2.75) is 65.7 Å². The van der Waals surface area contributed by atoms with Crippen molar-refractivity contribution in [2.24, 2.45) is 22.7 Å². The number of hydrogen-bond acceptors (Lipinski definition) is 2. The third-order valence-electron chi connectivity index (χ3n) is 6.29. The van der Waals surface area contributed by atoms with E-state index in [9.17, 15) is 14.7 Å². The van der Waals surface area contributed by atoms with Crippen molar-refractivity contribution in [1.29, 1.82) is 0 Å². The number of carboxylic acid groups (broad SMARTS) is 1.